The molecule has 1 aliphatic heterocycles. The zero-order chi connectivity index (χ0) is 19.1. The molecule has 0 radical (unpaired) electrons. The lowest BCUT2D eigenvalue weighted by Crippen LogP contribution is -2.35. The van der Waals surface area contributed by atoms with Crippen LogP contribution in [0.5, 0.6) is 5.75 Å². The average Bonchev–Trinajstić information content (AvgIpc) is 2.68. The molecule has 6 nitrogen and oxygen atoms in total. The van der Waals surface area contributed by atoms with Crippen molar-refractivity contribution in [3.05, 3.63) is 47.5 Å². The molecule has 0 aliphatic carbocycles. The van der Waals surface area contributed by atoms with Crippen LogP contribution in [0.2, 0.25) is 5.02 Å². The number of anilines is 1. The van der Waals surface area contributed by atoms with Crippen LogP contribution in [0.1, 0.15) is 31.5 Å². The molecule has 0 bridgehead atoms. The minimum Gasteiger partial charge on any atom is -0.495 e. The van der Waals surface area contributed by atoms with E-state index in [1.165, 1.54) is 0 Å². The van der Waals surface area contributed by atoms with E-state index >= 15 is 0 Å². The molecule has 1 N–H and O–H groups in total. The molecule has 2 aromatic rings. The molecule has 1 aromatic heterocycles. The maximum atomic E-state index is 12.3. The number of amides is 1. The van der Waals surface area contributed by atoms with Crippen molar-refractivity contribution in [3.63, 3.8) is 0 Å². The summed E-state index contributed by atoms with van der Waals surface area (Å²) in [6.45, 7) is 2.82. The highest BCUT2D eigenvalue weighted by Gasteiger charge is 2.21. The van der Waals surface area contributed by atoms with Crippen LogP contribution in [-0.4, -0.2) is 41.0 Å². The second kappa shape index (κ2) is 9.67. The van der Waals surface area contributed by atoms with Gasteiger partial charge >= 0.3 is 0 Å². The van der Waals surface area contributed by atoms with E-state index in [0.717, 1.165) is 44.7 Å². The van der Waals surface area contributed by atoms with Crippen LogP contribution < -0.4 is 10.1 Å². The van der Waals surface area contributed by atoms with E-state index in [9.17, 15) is 4.79 Å². The standard InChI is InChI=1S/C20H25ClN4O2/c1-27-18-7-6-16(12-17(18)21)24-20(26)8-5-15-4-2-11-25(13-15)14-19-22-9-3-10-23-19/h3,6-7,9-10,12,15H,2,4-5,8,11,13-14H2,1H3,(H,24,26)/t15-/m1/s1. The second-order valence-corrected chi connectivity index (χ2v) is 7.25. The van der Waals surface area contributed by atoms with Gasteiger partial charge in [-0.15, -0.1) is 0 Å². The van der Waals surface area contributed by atoms with E-state index in [-0.39, 0.29) is 5.91 Å². The average molecular weight is 389 g/mol. The van der Waals surface area contributed by atoms with Crippen molar-refractivity contribution in [2.24, 2.45) is 5.92 Å². The van der Waals surface area contributed by atoms with E-state index in [1.807, 2.05) is 6.07 Å². The molecule has 2 heterocycles. The number of nitrogens with zero attached hydrogens (tertiary/aromatic N) is 3. The summed E-state index contributed by atoms with van der Waals surface area (Å²) in [6.07, 6.45) is 7.24. The Morgan fingerprint density at radius 2 is 2.19 bits per heavy atom. The van der Waals surface area contributed by atoms with E-state index in [2.05, 4.69) is 20.2 Å². The zero-order valence-electron chi connectivity index (χ0n) is 15.5. The largest absolute Gasteiger partial charge is 0.495 e. The van der Waals surface area contributed by atoms with E-state index in [1.54, 1.807) is 37.7 Å². The Bertz CT molecular complexity index is 757. The van der Waals surface area contributed by atoms with Gasteiger partial charge in [0.25, 0.3) is 0 Å². The van der Waals surface area contributed by atoms with Crippen LogP contribution in [-0.2, 0) is 11.3 Å². The first kappa shape index (κ1) is 19.6. The van der Waals surface area contributed by atoms with Crippen LogP contribution in [0.25, 0.3) is 0 Å². The number of piperidine rings is 1. The van der Waals surface area contributed by atoms with Crippen LogP contribution in [0.15, 0.2) is 36.7 Å². The summed E-state index contributed by atoms with van der Waals surface area (Å²) < 4.78 is 5.13. The molecule has 0 spiro atoms. The second-order valence-electron chi connectivity index (χ2n) is 6.84. The third-order valence-electron chi connectivity index (χ3n) is 4.80. The molecular formula is C20H25ClN4O2. The van der Waals surface area contributed by atoms with Gasteiger partial charge in [-0.25, -0.2) is 9.97 Å². The molecule has 0 unspecified atom stereocenters. The monoisotopic (exact) mass is 388 g/mol. The van der Waals surface area contributed by atoms with Crippen LogP contribution in [0.3, 0.4) is 0 Å². The summed E-state index contributed by atoms with van der Waals surface area (Å²) in [6, 6.07) is 7.09. The first-order valence-electron chi connectivity index (χ1n) is 9.25. The smallest absolute Gasteiger partial charge is 0.224 e. The predicted octanol–water partition coefficient (Wildman–Crippen LogP) is 3.77. The Kier molecular flexibility index (Phi) is 7.01. The molecule has 27 heavy (non-hydrogen) atoms. The van der Waals surface area contributed by atoms with Crippen molar-refractivity contribution in [2.45, 2.75) is 32.2 Å². The molecule has 1 aromatic carbocycles. The maximum absolute atomic E-state index is 12.3. The fraction of sp³-hybridized carbons (Fsp3) is 0.450. The van der Waals surface area contributed by atoms with Gasteiger partial charge in [-0.3, -0.25) is 9.69 Å². The van der Waals surface area contributed by atoms with Gasteiger partial charge in [0, 0.05) is 31.0 Å². The van der Waals surface area contributed by atoms with Crippen molar-refractivity contribution in [2.75, 3.05) is 25.5 Å². The van der Waals surface area contributed by atoms with Gasteiger partial charge in [-0.2, -0.15) is 0 Å². The van der Waals surface area contributed by atoms with Crippen molar-refractivity contribution < 1.29 is 9.53 Å². The molecule has 1 aliphatic rings. The van der Waals surface area contributed by atoms with E-state index in [0.29, 0.717) is 28.8 Å². The van der Waals surface area contributed by atoms with Gasteiger partial charge in [-0.05, 0) is 56.0 Å². The Morgan fingerprint density at radius 1 is 1.37 bits per heavy atom. The SMILES string of the molecule is COc1ccc(NC(=O)CC[C@H]2CCCN(Cc3ncccn3)C2)cc1Cl. The summed E-state index contributed by atoms with van der Waals surface area (Å²) in [5.74, 6) is 1.99. The van der Waals surface area contributed by atoms with E-state index < -0.39 is 0 Å². The molecule has 3 rings (SSSR count). The molecule has 144 valence electrons. The van der Waals surface area contributed by atoms with Crippen molar-refractivity contribution in [1.29, 1.82) is 0 Å². The highest BCUT2D eigenvalue weighted by atomic mass is 35.5. The van der Waals surface area contributed by atoms with Crippen LogP contribution in [0.4, 0.5) is 5.69 Å². The molecule has 7 heteroatoms. The summed E-state index contributed by atoms with van der Waals surface area (Å²) in [5, 5.41) is 3.40. The van der Waals surface area contributed by atoms with Gasteiger partial charge in [0.05, 0.1) is 18.7 Å². The lowest BCUT2D eigenvalue weighted by Gasteiger charge is -2.32. The molecule has 1 fully saturated rings. The topological polar surface area (TPSA) is 67.3 Å². The highest BCUT2D eigenvalue weighted by molar-refractivity contribution is 6.32. The third-order valence-corrected chi connectivity index (χ3v) is 5.10. The number of hydrogen-bond donors (Lipinski definition) is 1. The van der Waals surface area contributed by atoms with Crippen molar-refractivity contribution in [3.8, 4) is 5.75 Å². The minimum atomic E-state index is 0.0137. The summed E-state index contributed by atoms with van der Waals surface area (Å²) in [4.78, 5) is 23.3. The minimum absolute atomic E-state index is 0.0137. The number of nitrogens with one attached hydrogen (secondary N) is 1. The van der Waals surface area contributed by atoms with Crippen LogP contribution >= 0.6 is 11.6 Å². The first-order valence-corrected chi connectivity index (χ1v) is 9.63. The number of benzene rings is 1. The van der Waals surface area contributed by atoms with Gasteiger partial charge in [-0.1, -0.05) is 11.6 Å². The third kappa shape index (κ3) is 5.91. The number of methoxy groups -OCH3 is 1. The predicted molar refractivity (Wildman–Crippen MR) is 106 cm³/mol. The normalized spacial score (nSPS) is 17.5. The number of ether oxygens (including phenoxy) is 1. The fourth-order valence-electron chi connectivity index (χ4n) is 3.44. The quantitative estimate of drug-likeness (QED) is 0.782. The first-order chi connectivity index (χ1) is 13.1. The Balaban J connectivity index is 1.45. The molecule has 1 amide bonds. The highest BCUT2D eigenvalue weighted by Crippen LogP contribution is 2.27. The van der Waals surface area contributed by atoms with Crippen molar-refractivity contribution in [1.82, 2.24) is 14.9 Å². The number of rotatable bonds is 7. The van der Waals surface area contributed by atoms with Gasteiger partial charge in [0.2, 0.25) is 5.91 Å². The molecule has 1 atom stereocenters. The van der Waals surface area contributed by atoms with Gasteiger partial charge in [0.15, 0.2) is 0 Å². The Morgan fingerprint density at radius 3 is 2.93 bits per heavy atom. The number of halogens is 1. The lowest BCUT2D eigenvalue weighted by molar-refractivity contribution is -0.116. The number of likely N-dealkylation sites (tertiary alicyclic amines) is 1. The number of aromatic nitrogens is 2. The lowest BCUT2D eigenvalue weighted by atomic mass is 9.93. The summed E-state index contributed by atoms with van der Waals surface area (Å²) in [5.41, 5.74) is 0.692. The van der Waals surface area contributed by atoms with E-state index in [4.69, 9.17) is 16.3 Å². The zero-order valence-corrected chi connectivity index (χ0v) is 16.3. The van der Waals surface area contributed by atoms with Gasteiger partial charge in [0.1, 0.15) is 11.6 Å². The van der Waals surface area contributed by atoms with Crippen LogP contribution in [0, 0.1) is 5.92 Å². The summed E-state index contributed by atoms with van der Waals surface area (Å²) in [7, 11) is 1.57. The number of carbonyl (C=O) groups is 1. The fourth-order valence-corrected chi connectivity index (χ4v) is 3.70. The summed E-state index contributed by atoms with van der Waals surface area (Å²) >= 11 is 6.10. The van der Waals surface area contributed by atoms with Crippen molar-refractivity contribution >= 4 is 23.2 Å². The number of hydrogen-bond acceptors (Lipinski definition) is 5. The molecule has 1 saturated heterocycles. The maximum Gasteiger partial charge on any atom is 0.224 e. The molecular weight excluding hydrogens is 364 g/mol. The number of carbonyl (C=O) groups excluding carboxylic acids is 1. The van der Waals surface area contributed by atoms with Gasteiger partial charge < -0.3 is 10.1 Å². The Hall–Kier alpha value is -2.18. The molecule has 0 saturated carbocycles. The Labute approximate surface area is 164 Å².